The molecule has 10 fully saturated rings. The molecule has 0 aromatic rings. The lowest BCUT2D eigenvalue weighted by Gasteiger charge is -2.67. The third-order valence-corrected chi connectivity index (χ3v) is 21.0. The molecule has 250 valence electrons. The smallest absolute Gasteiger partial charge is 0.0370 e. The Hall–Kier alpha value is 0.260. The molecule has 8 bridgehead atoms. The van der Waals surface area contributed by atoms with Crippen molar-refractivity contribution < 1.29 is 0 Å². The summed E-state index contributed by atoms with van der Waals surface area (Å²) < 4.78 is 0. The van der Waals surface area contributed by atoms with Gasteiger partial charge >= 0.3 is 0 Å². The third-order valence-electron chi connectivity index (χ3n) is 15.8. The lowest BCUT2D eigenvalue weighted by molar-refractivity contribution is 0.0187. The number of hydrogen-bond acceptors (Lipinski definition) is 2. The zero-order valence-corrected chi connectivity index (χ0v) is 31.3. The molecule has 2 saturated heterocycles. The largest absolute Gasteiger partial charge is 0.313 e. The fraction of sp³-hybridized carbons (Fsp3) is 0.902. The highest BCUT2D eigenvalue weighted by Gasteiger charge is 2.63. The van der Waals surface area contributed by atoms with Gasteiger partial charge in [-0.25, -0.2) is 0 Å². The molecule has 0 aromatic heterocycles. The molecule has 0 amide bonds. The average molecular weight is 649 g/mol. The van der Waals surface area contributed by atoms with E-state index in [4.69, 9.17) is 0 Å². The average Bonchev–Trinajstić information content (AvgIpc) is 3.44. The van der Waals surface area contributed by atoms with Gasteiger partial charge in [-0.2, -0.15) is 0 Å². The number of allylic oxidation sites excluding steroid dienone is 3. The molecule has 11 rings (SSSR count). The fourth-order valence-electron chi connectivity index (χ4n) is 14.7. The number of hydrogen-bond donors (Lipinski definition) is 2. The van der Waals surface area contributed by atoms with E-state index in [0.29, 0.717) is 22.4 Å². The van der Waals surface area contributed by atoms with E-state index in [0.717, 1.165) is 35.5 Å². The van der Waals surface area contributed by atoms with E-state index in [2.05, 4.69) is 46.7 Å². The Morgan fingerprint density at radius 2 is 1.11 bits per heavy atom. The summed E-state index contributed by atoms with van der Waals surface area (Å²) in [6.07, 6.45) is 33.2. The SMILES string of the molecule is CC(C)(C)C1=CC(CP(C23CC4CC(CC(C4)C2)C3)C23CC4CC(CC(C4)C2)C3)=C(C(P)(C2CCCCN2)C2CCCCN2)C1. The van der Waals surface area contributed by atoms with E-state index in [1.807, 2.05) is 11.1 Å². The molecule has 2 heterocycles. The Morgan fingerprint density at radius 1 is 0.689 bits per heavy atom. The van der Waals surface area contributed by atoms with Crippen LogP contribution in [0, 0.1) is 40.9 Å². The van der Waals surface area contributed by atoms with Crippen molar-refractivity contribution in [1.29, 1.82) is 0 Å². The minimum atomic E-state index is -0.0360. The van der Waals surface area contributed by atoms with Gasteiger partial charge in [-0.1, -0.05) is 53.2 Å². The van der Waals surface area contributed by atoms with E-state index in [-0.39, 0.29) is 18.5 Å². The van der Waals surface area contributed by atoms with Crippen molar-refractivity contribution in [2.24, 2.45) is 40.9 Å². The predicted molar refractivity (Wildman–Crippen MR) is 196 cm³/mol. The summed E-state index contributed by atoms with van der Waals surface area (Å²) in [5.41, 5.74) is 5.77. The second-order valence-corrected chi connectivity index (χ2v) is 23.9. The zero-order valence-electron chi connectivity index (χ0n) is 29.3. The van der Waals surface area contributed by atoms with E-state index < -0.39 is 0 Å². The molecule has 45 heavy (non-hydrogen) atoms. The Kier molecular flexibility index (Phi) is 7.91. The molecule has 2 N–H and O–H groups in total. The summed E-state index contributed by atoms with van der Waals surface area (Å²) in [5, 5.41) is 9.89. The normalized spacial score (nSPS) is 47.7. The van der Waals surface area contributed by atoms with Gasteiger partial charge in [-0.15, -0.1) is 9.24 Å². The first-order valence-corrected chi connectivity index (χ1v) is 22.2. The van der Waals surface area contributed by atoms with Crippen LogP contribution in [0.25, 0.3) is 0 Å². The van der Waals surface area contributed by atoms with Crippen molar-refractivity contribution in [3.8, 4) is 0 Å². The van der Waals surface area contributed by atoms with Gasteiger partial charge in [-0.05, 0) is 191 Å². The molecule has 3 unspecified atom stereocenters. The molecular weight excluding hydrogens is 582 g/mol. The highest BCUT2D eigenvalue weighted by atomic mass is 31.1. The lowest BCUT2D eigenvalue weighted by atomic mass is 9.55. The van der Waals surface area contributed by atoms with Gasteiger partial charge in [0, 0.05) is 17.2 Å². The highest BCUT2D eigenvalue weighted by Crippen LogP contribution is 2.79. The molecule has 11 aliphatic rings. The number of rotatable bonds is 7. The van der Waals surface area contributed by atoms with Crippen molar-refractivity contribution >= 4 is 17.2 Å². The van der Waals surface area contributed by atoms with E-state index in [9.17, 15) is 0 Å². The van der Waals surface area contributed by atoms with Crippen LogP contribution >= 0.6 is 17.2 Å². The second-order valence-electron chi connectivity index (χ2n) is 19.9. The molecule has 9 aliphatic carbocycles. The van der Waals surface area contributed by atoms with Gasteiger partial charge in [0.05, 0.1) is 0 Å². The molecule has 4 heteroatoms. The highest BCUT2D eigenvalue weighted by molar-refractivity contribution is 7.61. The first-order chi connectivity index (χ1) is 21.6. The number of nitrogens with one attached hydrogen (secondary N) is 2. The summed E-state index contributed by atoms with van der Waals surface area (Å²) in [6, 6.07) is 1.18. The van der Waals surface area contributed by atoms with Crippen LogP contribution in [0.5, 0.6) is 0 Å². The van der Waals surface area contributed by atoms with Crippen molar-refractivity contribution in [2.45, 2.75) is 170 Å². The summed E-state index contributed by atoms with van der Waals surface area (Å²) in [5.74, 6) is 6.45. The van der Waals surface area contributed by atoms with Crippen molar-refractivity contribution in [1.82, 2.24) is 10.6 Å². The second kappa shape index (κ2) is 11.4. The predicted octanol–water partition coefficient (Wildman–Crippen LogP) is 9.98. The summed E-state index contributed by atoms with van der Waals surface area (Å²) in [4.78, 5) is 0. The Morgan fingerprint density at radius 3 is 1.47 bits per heavy atom. The molecule has 3 atom stereocenters. The molecule has 0 spiro atoms. The van der Waals surface area contributed by atoms with Gasteiger partial charge < -0.3 is 10.6 Å². The molecule has 0 aromatic carbocycles. The third kappa shape index (κ3) is 5.29. The number of piperidine rings is 2. The standard InChI is InChI=1S/C41H66N2P2/c1-38(2,3)34-18-33(35(19-34)41(44,36-8-4-6-10-42-36)37-9-5-7-11-43-37)26-45(39-20-27-12-28(21-39)14-29(13-27)22-39)40-23-30-15-31(24-40)17-32(16-30)25-40/h18,27-32,36-37,42-43H,4-17,19-26,44H2,1-3H3. The summed E-state index contributed by atoms with van der Waals surface area (Å²) in [6.45, 7) is 9.97. The van der Waals surface area contributed by atoms with Crippen LogP contribution < -0.4 is 10.6 Å². The quantitative estimate of drug-likeness (QED) is 0.269. The molecule has 0 radical (unpaired) electrons. The Bertz CT molecular complexity index is 1080. The zero-order chi connectivity index (χ0) is 30.6. The van der Waals surface area contributed by atoms with Crippen LogP contribution in [0.2, 0.25) is 0 Å². The Labute approximate surface area is 280 Å². The van der Waals surface area contributed by atoms with Gasteiger partial charge in [0.15, 0.2) is 0 Å². The fourth-order valence-corrected chi connectivity index (χ4v) is 20.7. The summed E-state index contributed by atoms with van der Waals surface area (Å²) >= 11 is 0. The first-order valence-electron chi connectivity index (χ1n) is 20.1. The van der Waals surface area contributed by atoms with Crippen LogP contribution in [-0.2, 0) is 0 Å². The maximum Gasteiger partial charge on any atom is 0.0370 e. The van der Waals surface area contributed by atoms with E-state index >= 15 is 0 Å². The van der Waals surface area contributed by atoms with E-state index in [1.54, 1.807) is 82.6 Å². The monoisotopic (exact) mass is 648 g/mol. The minimum absolute atomic E-state index is 0.0360. The molecule has 8 saturated carbocycles. The maximum atomic E-state index is 4.17. The van der Waals surface area contributed by atoms with Gasteiger partial charge in [0.1, 0.15) is 0 Å². The van der Waals surface area contributed by atoms with Crippen LogP contribution in [-0.4, -0.2) is 46.8 Å². The molecule has 2 nitrogen and oxygen atoms in total. The minimum Gasteiger partial charge on any atom is -0.313 e. The van der Waals surface area contributed by atoms with Crippen LogP contribution in [0.3, 0.4) is 0 Å². The lowest BCUT2D eigenvalue weighted by Crippen LogP contribution is -2.61. The van der Waals surface area contributed by atoms with Crippen molar-refractivity contribution in [3.63, 3.8) is 0 Å². The van der Waals surface area contributed by atoms with Crippen LogP contribution in [0.1, 0.15) is 143 Å². The van der Waals surface area contributed by atoms with Gasteiger partial charge in [-0.3, -0.25) is 0 Å². The topological polar surface area (TPSA) is 24.1 Å². The van der Waals surface area contributed by atoms with Gasteiger partial charge in [0.2, 0.25) is 0 Å². The first kappa shape index (κ1) is 31.3. The van der Waals surface area contributed by atoms with Crippen LogP contribution in [0.15, 0.2) is 22.8 Å². The van der Waals surface area contributed by atoms with Crippen LogP contribution in [0.4, 0.5) is 0 Å². The summed E-state index contributed by atoms with van der Waals surface area (Å²) in [7, 11) is 3.63. The maximum absolute atomic E-state index is 4.17. The van der Waals surface area contributed by atoms with Gasteiger partial charge in [0.25, 0.3) is 0 Å². The van der Waals surface area contributed by atoms with Crippen molar-refractivity contribution in [2.75, 3.05) is 19.3 Å². The van der Waals surface area contributed by atoms with E-state index in [1.165, 1.54) is 64.2 Å². The van der Waals surface area contributed by atoms with Crippen molar-refractivity contribution in [3.05, 3.63) is 22.8 Å². The Balaban J connectivity index is 1.17. The molecular formula is C41H66N2P2. The molecule has 2 aliphatic heterocycles.